The van der Waals surface area contributed by atoms with Gasteiger partial charge in [0.15, 0.2) is 0 Å². The lowest BCUT2D eigenvalue weighted by molar-refractivity contribution is -0.139. The number of likely N-dealkylation sites (N-methyl/N-ethyl adjacent to an activating group) is 1. The van der Waals surface area contributed by atoms with E-state index in [1.54, 1.807) is 0 Å². The number of carbonyl (C=O) groups excluding carboxylic acids is 2. The lowest BCUT2D eigenvalue weighted by Gasteiger charge is -2.38. The number of aryl methyl sites for hydroxylation is 1. The van der Waals surface area contributed by atoms with E-state index in [0.717, 1.165) is 37.3 Å². The number of nitrogens with zero attached hydrogens (tertiary/aromatic N) is 2. The van der Waals surface area contributed by atoms with Crippen LogP contribution in [0.2, 0.25) is 0 Å². The van der Waals surface area contributed by atoms with Gasteiger partial charge in [0.2, 0.25) is 0 Å². The molecular weight excluding hydrogens is 376 g/mol. The van der Waals surface area contributed by atoms with Gasteiger partial charge in [0.25, 0.3) is 0 Å². The molecule has 1 heterocycles. The predicted molar refractivity (Wildman–Crippen MR) is 119 cm³/mol. The third kappa shape index (κ3) is 5.90. The minimum atomic E-state index is -0.604. The summed E-state index contributed by atoms with van der Waals surface area (Å²) >= 11 is 0. The molecule has 0 radical (unpaired) electrons. The number of nitrogens with one attached hydrogen (secondary N) is 2. The van der Waals surface area contributed by atoms with Crippen molar-refractivity contribution < 1.29 is 9.59 Å². The van der Waals surface area contributed by atoms with E-state index in [2.05, 4.69) is 58.7 Å². The van der Waals surface area contributed by atoms with Crippen LogP contribution in [0.25, 0.3) is 0 Å². The Morgan fingerprint density at radius 2 is 1.53 bits per heavy atom. The van der Waals surface area contributed by atoms with Crippen LogP contribution in [0.4, 0.5) is 0 Å². The number of carbonyl (C=O) groups is 2. The first-order chi connectivity index (χ1) is 14.4. The van der Waals surface area contributed by atoms with Gasteiger partial charge < -0.3 is 15.5 Å². The van der Waals surface area contributed by atoms with Crippen LogP contribution in [-0.4, -0.2) is 61.4 Å². The second-order valence-corrected chi connectivity index (χ2v) is 8.08. The predicted octanol–water partition coefficient (Wildman–Crippen LogP) is 2.28. The Morgan fingerprint density at radius 3 is 2.17 bits per heavy atom. The van der Waals surface area contributed by atoms with Gasteiger partial charge in [0.1, 0.15) is 0 Å². The molecule has 2 atom stereocenters. The van der Waals surface area contributed by atoms with Crippen molar-refractivity contribution >= 4 is 11.8 Å². The largest absolute Gasteiger partial charge is 0.346 e. The number of rotatable bonds is 6. The van der Waals surface area contributed by atoms with Gasteiger partial charge in [-0.15, -0.1) is 0 Å². The standard InChI is InChI=1S/C24H32N4O2/c1-18-9-11-21(12-10-18)22(28-15-13-27(3)14-16-28)17-25-23(29)24(30)26-19(2)20-7-5-4-6-8-20/h4-12,19,22H,13-17H2,1-3H3,(H,25,29)(H,26,30). The number of piperazine rings is 1. The van der Waals surface area contributed by atoms with E-state index in [9.17, 15) is 9.59 Å². The number of benzene rings is 2. The van der Waals surface area contributed by atoms with E-state index in [4.69, 9.17) is 0 Å². The molecule has 6 heteroatoms. The summed E-state index contributed by atoms with van der Waals surface area (Å²) in [5.41, 5.74) is 3.33. The van der Waals surface area contributed by atoms with Gasteiger partial charge in [0.05, 0.1) is 12.1 Å². The number of hydrogen-bond donors (Lipinski definition) is 2. The van der Waals surface area contributed by atoms with Gasteiger partial charge in [-0.3, -0.25) is 14.5 Å². The first-order valence-corrected chi connectivity index (χ1v) is 10.6. The van der Waals surface area contributed by atoms with Crippen molar-refractivity contribution in [2.75, 3.05) is 39.8 Å². The van der Waals surface area contributed by atoms with Crippen LogP contribution in [0.3, 0.4) is 0 Å². The van der Waals surface area contributed by atoms with Crippen LogP contribution in [0.5, 0.6) is 0 Å². The third-order valence-electron chi connectivity index (χ3n) is 5.75. The SMILES string of the molecule is Cc1ccc(C(CNC(=O)C(=O)NC(C)c2ccccc2)N2CCN(C)CC2)cc1. The monoisotopic (exact) mass is 408 g/mol. The van der Waals surface area contributed by atoms with Crippen molar-refractivity contribution in [1.29, 1.82) is 0 Å². The molecule has 30 heavy (non-hydrogen) atoms. The Hall–Kier alpha value is -2.70. The highest BCUT2D eigenvalue weighted by molar-refractivity contribution is 6.35. The molecule has 1 fully saturated rings. The van der Waals surface area contributed by atoms with Gasteiger partial charge in [-0.1, -0.05) is 60.2 Å². The molecule has 3 rings (SSSR count). The van der Waals surface area contributed by atoms with Crippen molar-refractivity contribution in [3.8, 4) is 0 Å². The fourth-order valence-corrected chi connectivity index (χ4v) is 3.74. The van der Waals surface area contributed by atoms with Crippen molar-refractivity contribution in [3.05, 3.63) is 71.3 Å². The van der Waals surface area contributed by atoms with E-state index < -0.39 is 11.8 Å². The molecule has 2 aromatic rings. The Kier molecular flexibility index (Phi) is 7.60. The van der Waals surface area contributed by atoms with E-state index in [0.29, 0.717) is 6.54 Å². The number of amides is 2. The highest BCUT2D eigenvalue weighted by Crippen LogP contribution is 2.22. The van der Waals surface area contributed by atoms with E-state index in [1.165, 1.54) is 5.56 Å². The smallest absolute Gasteiger partial charge is 0.309 e. The van der Waals surface area contributed by atoms with Crippen LogP contribution < -0.4 is 10.6 Å². The maximum atomic E-state index is 12.5. The number of hydrogen-bond acceptors (Lipinski definition) is 4. The average molecular weight is 409 g/mol. The molecule has 1 saturated heterocycles. The van der Waals surface area contributed by atoms with E-state index in [1.807, 2.05) is 37.3 Å². The van der Waals surface area contributed by atoms with Crippen molar-refractivity contribution in [1.82, 2.24) is 20.4 Å². The molecule has 6 nitrogen and oxygen atoms in total. The molecule has 1 aliphatic rings. The molecule has 2 N–H and O–H groups in total. The minimum Gasteiger partial charge on any atom is -0.346 e. The van der Waals surface area contributed by atoms with Crippen molar-refractivity contribution in [2.45, 2.75) is 25.9 Å². The van der Waals surface area contributed by atoms with Crippen LogP contribution in [0, 0.1) is 6.92 Å². The second kappa shape index (κ2) is 10.4. The molecule has 0 bridgehead atoms. The fraction of sp³-hybridized carbons (Fsp3) is 0.417. The molecule has 160 valence electrons. The van der Waals surface area contributed by atoms with E-state index in [-0.39, 0.29) is 12.1 Å². The summed E-state index contributed by atoms with van der Waals surface area (Å²) < 4.78 is 0. The van der Waals surface area contributed by atoms with Crippen LogP contribution in [0.15, 0.2) is 54.6 Å². The first kappa shape index (κ1) is 22.0. The van der Waals surface area contributed by atoms with Crippen LogP contribution in [-0.2, 0) is 9.59 Å². The van der Waals surface area contributed by atoms with Crippen LogP contribution in [0.1, 0.15) is 35.7 Å². The Labute approximate surface area is 179 Å². The Morgan fingerprint density at radius 1 is 0.900 bits per heavy atom. The minimum absolute atomic E-state index is 0.0441. The molecule has 0 aromatic heterocycles. The lowest BCUT2D eigenvalue weighted by atomic mass is 10.0. The zero-order valence-corrected chi connectivity index (χ0v) is 18.1. The summed E-state index contributed by atoms with van der Waals surface area (Å²) in [4.78, 5) is 29.6. The quantitative estimate of drug-likeness (QED) is 0.720. The van der Waals surface area contributed by atoms with Gasteiger partial charge in [-0.2, -0.15) is 0 Å². The summed E-state index contributed by atoms with van der Waals surface area (Å²) in [5, 5.41) is 5.64. The van der Waals surface area contributed by atoms with Gasteiger partial charge in [-0.05, 0) is 32.0 Å². The third-order valence-corrected chi connectivity index (χ3v) is 5.75. The highest BCUT2D eigenvalue weighted by Gasteiger charge is 2.25. The van der Waals surface area contributed by atoms with Crippen LogP contribution >= 0.6 is 0 Å². The van der Waals surface area contributed by atoms with Crippen molar-refractivity contribution in [3.63, 3.8) is 0 Å². The van der Waals surface area contributed by atoms with Gasteiger partial charge in [0, 0.05) is 32.7 Å². The average Bonchev–Trinajstić information content (AvgIpc) is 2.76. The molecule has 0 aliphatic carbocycles. The molecule has 2 amide bonds. The molecule has 2 aromatic carbocycles. The topological polar surface area (TPSA) is 64.7 Å². The lowest BCUT2D eigenvalue weighted by Crippen LogP contribution is -2.49. The maximum Gasteiger partial charge on any atom is 0.309 e. The zero-order valence-electron chi connectivity index (χ0n) is 18.1. The molecular formula is C24H32N4O2. The van der Waals surface area contributed by atoms with Gasteiger partial charge >= 0.3 is 11.8 Å². The molecule has 0 spiro atoms. The zero-order chi connectivity index (χ0) is 21.5. The summed E-state index contributed by atoms with van der Waals surface area (Å²) in [6.07, 6.45) is 0. The summed E-state index contributed by atoms with van der Waals surface area (Å²) in [6, 6.07) is 17.9. The summed E-state index contributed by atoms with van der Waals surface area (Å²) in [5.74, 6) is -1.20. The molecule has 0 saturated carbocycles. The Balaban J connectivity index is 1.62. The second-order valence-electron chi connectivity index (χ2n) is 8.08. The van der Waals surface area contributed by atoms with Gasteiger partial charge in [-0.25, -0.2) is 0 Å². The normalized spacial score (nSPS) is 17.2. The van der Waals surface area contributed by atoms with Crippen molar-refractivity contribution in [2.24, 2.45) is 0 Å². The summed E-state index contributed by atoms with van der Waals surface area (Å²) in [7, 11) is 2.12. The molecule has 1 aliphatic heterocycles. The molecule has 2 unspecified atom stereocenters. The maximum absolute atomic E-state index is 12.5. The summed E-state index contributed by atoms with van der Waals surface area (Å²) in [6.45, 7) is 8.19. The first-order valence-electron chi connectivity index (χ1n) is 10.6. The highest BCUT2D eigenvalue weighted by atomic mass is 16.2. The fourth-order valence-electron chi connectivity index (χ4n) is 3.74. The Bertz CT molecular complexity index is 830. The van der Waals surface area contributed by atoms with E-state index >= 15 is 0 Å².